The molecule has 1 N–H and O–H groups in total. The van der Waals surface area contributed by atoms with Crippen LogP contribution in [-0.4, -0.2) is 13.0 Å². The van der Waals surface area contributed by atoms with Crippen molar-refractivity contribution in [3.05, 3.63) is 95.1 Å². The quantitative estimate of drug-likeness (QED) is 0.556. The highest BCUT2D eigenvalue weighted by Gasteiger charge is 2.15. The Bertz CT molecular complexity index is 953. The van der Waals surface area contributed by atoms with Crippen molar-refractivity contribution in [1.82, 2.24) is 5.32 Å². The van der Waals surface area contributed by atoms with Crippen LogP contribution < -0.4 is 14.8 Å². The maximum absolute atomic E-state index is 12.8. The van der Waals surface area contributed by atoms with E-state index in [-0.39, 0.29) is 11.9 Å². The average molecular weight is 389 g/mol. The van der Waals surface area contributed by atoms with Crippen LogP contribution in [0.5, 0.6) is 11.5 Å². The molecule has 0 radical (unpaired) electrons. The lowest BCUT2D eigenvalue weighted by Gasteiger charge is -2.19. The smallest absolute Gasteiger partial charge is 0.251 e. The molecule has 0 unspecified atom stereocenters. The van der Waals surface area contributed by atoms with Gasteiger partial charge < -0.3 is 14.8 Å². The van der Waals surface area contributed by atoms with Gasteiger partial charge in [0.25, 0.3) is 5.91 Å². The molecule has 0 saturated heterocycles. The molecule has 29 heavy (non-hydrogen) atoms. The summed E-state index contributed by atoms with van der Waals surface area (Å²) in [6, 6.07) is 23.2. The van der Waals surface area contributed by atoms with Crippen LogP contribution in [0.25, 0.3) is 0 Å². The summed E-state index contributed by atoms with van der Waals surface area (Å²) in [6.07, 6.45) is 0.793. The second-order valence-corrected chi connectivity index (χ2v) is 6.97. The highest BCUT2D eigenvalue weighted by Crippen LogP contribution is 2.25. The largest absolute Gasteiger partial charge is 0.496 e. The van der Waals surface area contributed by atoms with Gasteiger partial charge in [0.05, 0.1) is 13.2 Å². The highest BCUT2D eigenvalue weighted by atomic mass is 16.5. The lowest BCUT2D eigenvalue weighted by Crippen LogP contribution is -2.28. The Morgan fingerprint density at radius 3 is 2.48 bits per heavy atom. The fraction of sp³-hybridized carbons (Fsp3) is 0.240. The summed E-state index contributed by atoms with van der Waals surface area (Å²) in [5.41, 5.74) is 3.78. The van der Waals surface area contributed by atoms with Gasteiger partial charge in [-0.1, -0.05) is 55.5 Å². The van der Waals surface area contributed by atoms with E-state index in [4.69, 9.17) is 9.47 Å². The molecule has 3 rings (SSSR count). The minimum Gasteiger partial charge on any atom is -0.496 e. The first-order valence-corrected chi connectivity index (χ1v) is 9.83. The molecule has 0 heterocycles. The third-order valence-corrected chi connectivity index (χ3v) is 4.88. The number of methoxy groups -OCH3 is 1. The molecule has 1 amide bonds. The van der Waals surface area contributed by atoms with Crippen LogP contribution >= 0.6 is 0 Å². The number of nitrogens with one attached hydrogen (secondary N) is 1. The molecule has 0 aliphatic rings. The topological polar surface area (TPSA) is 47.6 Å². The fourth-order valence-corrected chi connectivity index (χ4v) is 3.25. The number of benzene rings is 3. The van der Waals surface area contributed by atoms with Crippen LogP contribution in [-0.2, 0) is 6.61 Å². The molecule has 0 aromatic heterocycles. The SMILES string of the molecule is CC[C@@H](NC(=O)c1cccc(OCc2ccccc2)c1)c1ccc(OC)c(C)c1. The van der Waals surface area contributed by atoms with Crippen LogP contribution in [0.4, 0.5) is 0 Å². The van der Waals surface area contributed by atoms with Gasteiger partial charge >= 0.3 is 0 Å². The van der Waals surface area contributed by atoms with Gasteiger partial charge in [0.1, 0.15) is 18.1 Å². The number of hydrogen-bond acceptors (Lipinski definition) is 3. The first-order chi connectivity index (χ1) is 14.1. The van der Waals surface area contributed by atoms with Crippen LogP contribution in [0.15, 0.2) is 72.8 Å². The Morgan fingerprint density at radius 1 is 1.00 bits per heavy atom. The van der Waals surface area contributed by atoms with Crippen molar-refractivity contribution in [1.29, 1.82) is 0 Å². The second kappa shape index (κ2) is 9.78. The zero-order valence-electron chi connectivity index (χ0n) is 17.1. The molecule has 0 saturated carbocycles. The first-order valence-electron chi connectivity index (χ1n) is 9.83. The molecule has 4 heteroatoms. The molecule has 3 aromatic rings. The molecular formula is C25H27NO3. The van der Waals surface area contributed by atoms with E-state index < -0.39 is 0 Å². The van der Waals surface area contributed by atoms with E-state index in [9.17, 15) is 4.79 Å². The Kier molecular flexibility index (Phi) is 6.90. The molecule has 0 spiro atoms. The van der Waals surface area contributed by atoms with Crippen molar-refractivity contribution in [2.24, 2.45) is 0 Å². The number of rotatable bonds is 8. The molecule has 4 nitrogen and oxygen atoms in total. The van der Waals surface area contributed by atoms with Gasteiger partial charge in [-0.3, -0.25) is 4.79 Å². The van der Waals surface area contributed by atoms with E-state index in [0.717, 1.165) is 28.9 Å². The van der Waals surface area contributed by atoms with Gasteiger partial charge in [-0.2, -0.15) is 0 Å². The second-order valence-electron chi connectivity index (χ2n) is 6.97. The van der Waals surface area contributed by atoms with E-state index in [2.05, 4.69) is 18.3 Å². The average Bonchev–Trinajstić information content (AvgIpc) is 2.76. The normalized spacial score (nSPS) is 11.6. The summed E-state index contributed by atoms with van der Waals surface area (Å²) in [5.74, 6) is 1.41. The van der Waals surface area contributed by atoms with Crippen molar-refractivity contribution in [2.45, 2.75) is 32.9 Å². The van der Waals surface area contributed by atoms with E-state index >= 15 is 0 Å². The number of amides is 1. The van der Waals surface area contributed by atoms with E-state index in [0.29, 0.717) is 17.9 Å². The predicted molar refractivity (Wildman–Crippen MR) is 115 cm³/mol. The third kappa shape index (κ3) is 5.38. The fourth-order valence-electron chi connectivity index (χ4n) is 3.25. The van der Waals surface area contributed by atoms with Gasteiger partial charge in [-0.05, 0) is 54.3 Å². The molecule has 0 aliphatic carbocycles. The third-order valence-electron chi connectivity index (χ3n) is 4.88. The lowest BCUT2D eigenvalue weighted by molar-refractivity contribution is 0.0935. The van der Waals surface area contributed by atoms with Crippen molar-refractivity contribution in [2.75, 3.05) is 7.11 Å². The Labute approximate surface area is 172 Å². The van der Waals surface area contributed by atoms with E-state index in [1.165, 1.54) is 0 Å². The molecule has 0 fully saturated rings. The number of ether oxygens (including phenoxy) is 2. The van der Waals surface area contributed by atoms with E-state index in [1.54, 1.807) is 19.2 Å². The molecule has 0 bridgehead atoms. The molecule has 1 atom stereocenters. The summed E-state index contributed by atoms with van der Waals surface area (Å²) >= 11 is 0. The first kappa shape index (κ1) is 20.5. The van der Waals surface area contributed by atoms with Crippen molar-refractivity contribution in [3.8, 4) is 11.5 Å². The number of carbonyl (C=O) groups excluding carboxylic acids is 1. The van der Waals surface area contributed by atoms with Gasteiger partial charge in [0, 0.05) is 5.56 Å². The Hall–Kier alpha value is -3.27. The van der Waals surface area contributed by atoms with Gasteiger partial charge in [-0.25, -0.2) is 0 Å². The minimum atomic E-state index is -0.115. The Balaban J connectivity index is 1.68. The van der Waals surface area contributed by atoms with Crippen molar-refractivity contribution in [3.63, 3.8) is 0 Å². The minimum absolute atomic E-state index is 0.0685. The van der Waals surface area contributed by atoms with Crippen LogP contribution in [0.3, 0.4) is 0 Å². The van der Waals surface area contributed by atoms with Gasteiger partial charge in [0.15, 0.2) is 0 Å². The van der Waals surface area contributed by atoms with E-state index in [1.807, 2.05) is 61.5 Å². The zero-order chi connectivity index (χ0) is 20.6. The standard InChI is InChI=1S/C25H27NO3/c1-4-23(20-13-14-24(28-3)18(2)15-20)26-25(27)21-11-8-12-22(16-21)29-17-19-9-6-5-7-10-19/h5-16,23H,4,17H2,1-3H3,(H,26,27)/t23-/m1/s1. The van der Waals surface area contributed by atoms with Gasteiger partial charge in [0.2, 0.25) is 0 Å². The lowest BCUT2D eigenvalue weighted by atomic mass is 10.0. The number of hydrogen-bond donors (Lipinski definition) is 1. The molecule has 0 aliphatic heterocycles. The summed E-state index contributed by atoms with van der Waals surface area (Å²) in [7, 11) is 1.66. The summed E-state index contributed by atoms with van der Waals surface area (Å²) in [5, 5.41) is 3.13. The molecule has 150 valence electrons. The summed E-state index contributed by atoms with van der Waals surface area (Å²) in [6.45, 7) is 4.53. The van der Waals surface area contributed by atoms with Gasteiger partial charge in [-0.15, -0.1) is 0 Å². The summed E-state index contributed by atoms with van der Waals surface area (Å²) < 4.78 is 11.2. The van der Waals surface area contributed by atoms with Crippen LogP contribution in [0.2, 0.25) is 0 Å². The number of carbonyl (C=O) groups is 1. The predicted octanol–water partition coefficient (Wildman–Crippen LogP) is 5.46. The maximum atomic E-state index is 12.8. The highest BCUT2D eigenvalue weighted by molar-refractivity contribution is 5.94. The zero-order valence-corrected chi connectivity index (χ0v) is 17.1. The monoisotopic (exact) mass is 389 g/mol. The summed E-state index contributed by atoms with van der Waals surface area (Å²) in [4.78, 5) is 12.8. The van der Waals surface area contributed by atoms with Crippen LogP contribution in [0, 0.1) is 6.92 Å². The molecular weight excluding hydrogens is 362 g/mol. The van der Waals surface area contributed by atoms with Crippen molar-refractivity contribution >= 4 is 5.91 Å². The van der Waals surface area contributed by atoms with Crippen LogP contribution in [0.1, 0.15) is 46.4 Å². The molecule has 3 aromatic carbocycles. The number of aryl methyl sites for hydroxylation is 1. The maximum Gasteiger partial charge on any atom is 0.251 e. The Morgan fingerprint density at radius 2 is 1.79 bits per heavy atom. The van der Waals surface area contributed by atoms with Crippen molar-refractivity contribution < 1.29 is 14.3 Å².